The molecule has 9 nitrogen and oxygen atoms in total. The first-order chi connectivity index (χ1) is 19.5. The van der Waals surface area contributed by atoms with E-state index >= 15 is 0 Å². The minimum atomic E-state index is -1.07. The average Bonchev–Trinajstić information content (AvgIpc) is 3.27. The van der Waals surface area contributed by atoms with E-state index < -0.39 is 11.1 Å². The summed E-state index contributed by atoms with van der Waals surface area (Å²) in [6.07, 6.45) is 5.48. The van der Waals surface area contributed by atoms with Crippen molar-refractivity contribution in [1.82, 2.24) is 14.8 Å². The van der Waals surface area contributed by atoms with Gasteiger partial charge in [0.1, 0.15) is 11.1 Å². The standard InChI is InChI=1S/C31H33N5O4S/c1-5-11-31(15-20-9-12-33-13-10-20)27(38)36(26-23-17-35(18-24(23)26)29(39)40-30(2,3)4)28(34-31)41-19-25(37)22-8-6-7-21(14-22)16-32/h5-10,12-14,23-24,26H,1,11,15,17-19H2,2-4H3. The van der Waals surface area contributed by atoms with Crippen LogP contribution in [0.3, 0.4) is 0 Å². The lowest BCUT2D eigenvalue weighted by molar-refractivity contribution is -0.131. The van der Waals surface area contributed by atoms with Gasteiger partial charge in [0, 0.05) is 55.3 Å². The van der Waals surface area contributed by atoms with Gasteiger partial charge < -0.3 is 9.64 Å². The maximum Gasteiger partial charge on any atom is 0.410 e. The number of piperidine rings is 1. The van der Waals surface area contributed by atoms with Gasteiger partial charge in [-0.15, -0.1) is 6.58 Å². The van der Waals surface area contributed by atoms with Crippen LogP contribution in [0.2, 0.25) is 0 Å². The topological polar surface area (TPSA) is 116 Å². The molecule has 10 heteroatoms. The molecule has 1 saturated heterocycles. The summed E-state index contributed by atoms with van der Waals surface area (Å²) >= 11 is 1.24. The number of rotatable bonds is 8. The van der Waals surface area contributed by atoms with Crippen LogP contribution < -0.4 is 0 Å². The normalized spacial score (nSPS) is 24.9. The van der Waals surface area contributed by atoms with Crippen LogP contribution in [0.5, 0.6) is 0 Å². The van der Waals surface area contributed by atoms with Crippen LogP contribution in [0.1, 0.15) is 48.7 Å². The zero-order chi connectivity index (χ0) is 29.4. The number of likely N-dealkylation sites (tertiary alicyclic amines) is 1. The van der Waals surface area contributed by atoms with E-state index in [1.165, 1.54) is 11.8 Å². The highest BCUT2D eigenvalue weighted by Gasteiger charge is 2.65. The Kier molecular flexibility index (Phi) is 7.75. The number of nitriles is 1. The molecule has 2 aliphatic heterocycles. The van der Waals surface area contributed by atoms with Crippen molar-refractivity contribution in [1.29, 1.82) is 5.26 Å². The minimum Gasteiger partial charge on any atom is -0.444 e. The second-order valence-corrected chi connectivity index (χ2v) is 12.7. The summed E-state index contributed by atoms with van der Waals surface area (Å²) in [7, 11) is 0. The fourth-order valence-corrected chi connectivity index (χ4v) is 6.70. The first-order valence-electron chi connectivity index (χ1n) is 13.6. The van der Waals surface area contributed by atoms with Crippen LogP contribution in [0.4, 0.5) is 4.79 Å². The summed E-state index contributed by atoms with van der Waals surface area (Å²) in [5.41, 5.74) is 0.136. The molecule has 3 heterocycles. The van der Waals surface area contributed by atoms with Crippen LogP contribution in [-0.4, -0.2) is 73.8 Å². The molecule has 2 amide bonds. The van der Waals surface area contributed by atoms with Crippen molar-refractivity contribution >= 4 is 34.7 Å². The number of ketones is 1. The van der Waals surface area contributed by atoms with Crippen LogP contribution in [0.25, 0.3) is 0 Å². The predicted molar refractivity (Wildman–Crippen MR) is 156 cm³/mol. The summed E-state index contributed by atoms with van der Waals surface area (Å²) in [5, 5.41) is 9.73. The molecule has 3 unspecified atom stereocenters. The van der Waals surface area contributed by atoms with Crippen molar-refractivity contribution < 1.29 is 19.1 Å². The quantitative estimate of drug-likeness (QED) is 0.339. The predicted octanol–water partition coefficient (Wildman–Crippen LogP) is 4.49. The SMILES string of the molecule is C=CCC1(Cc2ccncc2)N=C(SCC(=O)c2cccc(C#N)c2)N(C2C3CN(C(=O)OC(C)(C)C)CC32)C1=O. The molecule has 2 aromatic rings. The van der Waals surface area contributed by atoms with Gasteiger partial charge in [0.05, 0.1) is 17.4 Å². The van der Waals surface area contributed by atoms with E-state index in [0.717, 1.165) is 5.56 Å². The summed E-state index contributed by atoms with van der Waals surface area (Å²) in [4.78, 5) is 52.6. The molecule has 1 aliphatic carbocycles. The summed E-state index contributed by atoms with van der Waals surface area (Å²) in [6.45, 7) is 10.4. The Morgan fingerprint density at radius 2 is 1.93 bits per heavy atom. The molecule has 0 radical (unpaired) electrons. The molecule has 212 valence electrons. The first-order valence-corrected chi connectivity index (χ1v) is 14.6. The molecule has 3 atom stereocenters. The van der Waals surface area contributed by atoms with Crippen molar-refractivity contribution in [2.24, 2.45) is 16.8 Å². The number of hydrogen-bond acceptors (Lipinski definition) is 8. The largest absolute Gasteiger partial charge is 0.444 e. The monoisotopic (exact) mass is 571 g/mol. The number of Topliss-reactive ketones (excluding diaryl/α,β-unsaturated/α-hetero) is 1. The maximum absolute atomic E-state index is 14.3. The Hall–Kier alpha value is -3.97. The highest BCUT2D eigenvalue weighted by atomic mass is 32.2. The van der Waals surface area contributed by atoms with Crippen molar-refractivity contribution in [2.75, 3.05) is 18.8 Å². The second kappa shape index (κ2) is 11.1. The van der Waals surface area contributed by atoms with Gasteiger partial charge in [0.25, 0.3) is 5.91 Å². The Morgan fingerprint density at radius 3 is 2.56 bits per heavy atom. The van der Waals surface area contributed by atoms with E-state index in [2.05, 4.69) is 17.6 Å². The van der Waals surface area contributed by atoms with Gasteiger partial charge in [-0.05, 0) is 57.0 Å². The number of aliphatic imine (C=N–C) groups is 1. The van der Waals surface area contributed by atoms with Gasteiger partial charge in [0.15, 0.2) is 11.0 Å². The number of nitrogens with zero attached hydrogens (tertiary/aromatic N) is 5. The Labute approximate surface area is 244 Å². The molecule has 41 heavy (non-hydrogen) atoms. The molecule has 1 aromatic carbocycles. The van der Waals surface area contributed by atoms with E-state index in [4.69, 9.17) is 9.73 Å². The average molecular weight is 572 g/mol. The molecule has 1 aromatic heterocycles. The molecule has 5 rings (SSSR count). The number of pyridine rings is 1. The van der Waals surface area contributed by atoms with Gasteiger partial charge in [-0.3, -0.25) is 19.5 Å². The van der Waals surface area contributed by atoms with Crippen molar-refractivity contribution in [3.63, 3.8) is 0 Å². The lowest BCUT2D eigenvalue weighted by Crippen LogP contribution is -2.47. The van der Waals surface area contributed by atoms with Crippen molar-refractivity contribution in [3.8, 4) is 6.07 Å². The smallest absolute Gasteiger partial charge is 0.410 e. The molecule has 3 aliphatic rings. The van der Waals surface area contributed by atoms with E-state index in [9.17, 15) is 19.6 Å². The molecular weight excluding hydrogens is 538 g/mol. The van der Waals surface area contributed by atoms with Gasteiger partial charge in [-0.2, -0.15) is 5.26 Å². The summed E-state index contributed by atoms with van der Waals surface area (Å²) in [6, 6.07) is 12.3. The fraction of sp³-hybridized carbons (Fsp3) is 0.419. The fourth-order valence-electron chi connectivity index (χ4n) is 5.69. The van der Waals surface area contributed by atoms with Crippen LogP contribution >= 0.6 is 11.8 Å². The first kappa shape index (κ1) is 28.6. The number of fused-ring (bicyclic) bond motifs is 1. The number of ether oxygens (including phenoxy) is 1. The van der Waals surface area contributed by atoms with Gasteiger partial charge in [0.2, 0.25) is 0 Å². The molecule has 1 saturated carbocycles. The number of hydrogen-bond donors (Lipinski definition) is 0. The Bertz CT molecular complexity index is 1430. The van der Waals surface area contributed by atoms with Crippen molar-refractivity contribution in [3.05, 3.63) is 78.1 Å². The number of benzene rings is 1. The Morgan fingerprint density at radius 1 is 1.22 bits per heavy atom. The van der Waals surface area contributed by atoms with E-state index in [0.29, 0.717) is 42.2 Å². The summed E-state index contributed by atoms with van der Waals surface area (Å²) in [5.74, 6) is 0.0354. The number of amides is 2. The Balaban J connectivity index is 1.38. The van der Waals surface area contributed by atoms with Gasteiger partial charge in [-0.25, -0.2) is 9.79 Å². The third-order valence-electron chi connectivity index (χ3n) is 7.61. The zero-order valence-electron chi connectivity index (χ0n) is 23.4. The van der Waals surface area contributed by atoms with E-state index in [-0.39, 0.29) is 41.4 Å². The molecule has 0 N–H and O–H groups in total. The number of amidine groups is 1. The maximum atomic E-state index is 14.3. The van der Waals surface area contributed by atoms with E-state index in [1.807, 2.05) is 32.9 Å². The third kappa shape index (κ3) is 5.91. The second-order valence-electron chi connectivity index (χ2n) is 11.7. The van der Waals surface area contributed by atoms with Gasteiger partial charge >= 0.3 is 6.09 Å². The molecular formula is C31H33N5O4S. The minimum absolute atomic E-state index is 0.0724. The lowest BCUT2D eigenvalue weighted by atomic mass is 9.88. The lowest BCUT2D eigenvalue weighted by Gasteiger charge is -2.29. The highest BCUT2D eigenvalue weighted by Crippen LogP contribution is 2.52. The zero-order valence-corrected chi connectivity index (χ0v) is 24.3. The molecule has 0 bridgehead atoms. The number of thioether (sulfide) groups is 1. The highest BCUT2D eigenvalue weighted by molar-refractivity contribution is 8.14. The van der Waals surface area contributed by atoms with Gasteiger partial charge in [-0.1, -0.05) is 30.0 Å². The molecule has 2 fully saturated rings. The van der Waals surface area contributed by atoms with Crippen molar-refractivity contribution in [2.45, 2.75) is 50.8 Å². The number of carbonyl (C=O) groups is 3. The van der Waals surface area contributed by atoms with Crippen LogP contribution in [0.15, 0.2) is 66.4 Å². The van der Waals surface area contributed by atoms with E-state index in [1.54, 1.807) is 52.5 Å². The number of carbonyl (C=O) groups excluding carboxylic acids is 3. The van der Waals surface area contributed by atoms with Crippen LogP contribution in [-0.2, 0) is 16.0 Å². The number of aromatic nitrogens is 1. The molecule has 0 spiro atoms. The van der Waals surface area contributed by atoms with Crippen LogP contribution in [0, 0.1) is 23.2 Å². The summed E-state index contributed by atoms with van der Waals surface area (Å²) < 4.78 is 5.55. The third-order valence-corrected chi connectivity index (χ3v) is 8.56.